The maximum absolute atomic E-state index is 4.41. The summed E-state index contributed by atoms with van der Waals surface area (Å²) in [6, 6.07) is 40.5. The molecule has 6 aromatic rings. The number of hydrogen-bond acceptors (Lipinski definition) is 1. The molecular formula is C40H40IrN4. The van der Waals surface area contributed by atoms with Crippen LogP contribution in [0.3, 0.4) is 0 Å². The van der Waals surface area contributed by atoms with Crippen molar-refractivity contribution in [3.63, 3.8) is 0 Å². The maximum atomic E-state index is 4.41. The number of benzene rings is 4. The molecule has 0 spiro atoms. The SMILES string of the molecule is CCCC[N+]1=C=[N+](c2[c-]ccc3c4ccccc4n(C(C)C)c23)c2ccccc21.Cc1c[c-]c(-c2cc(C)c(C)cn2)cc1.[Ir]. The van der Waals surface area contributed by atoms with Crippen LogP contribution in [0.15, 0.2) is 91.1 Å². The fraction of sp³-hybridized carbons (Fsp3) is 0.250. The summed E-state index contributed by atoms with van der Waals surface area (Å²) in [5.41, 5.74) is 11.7. The van der Waals surface area contributed by atoms with E-state index in [0.29, 0.717) is 6.04 Å². The molecule has 0 N–H and O–H groups in total. The molecule has 5 heteroatoms. The Kier molecular flexibility index (Phi) is 9.95. The van der Waals surface area contributed by atoms with Gasteiger partial charge < -0.3 is 9.55 Å². The molecule has 45 heavy (non-hydrogen) atoms. The Labute approximate surface area is 280 Å². The van der Waals surface area contributed by atoms with Crippen molar-refractivity contribution < 1.29 is 24.7 Å². The van der Waals surface area contributed by atoms with Gasteiger partial charge in [0, 0.05) is 61.9 Å². The Balaban J connectivity index is 0.000000212. The standard InChI is InChI=1S/C26H26N3.C14H14N.Ir/c1-4-5-17-27-18-28(24-15-9-8-14-23(24)27)25-16-10-12-21-20-11-6-7-13-22(20)29(19(2)3)26(21)25;1-10-4-6-13(7-5-10)14-8-11(2)12(3)9-15-14;/h6-15,19H,4-5,17H2,1-3H3;4-6,8-9H,1-3H3;/q+1;-1;. The Morgan fingerprint density at radius 2 is 1.62 bits per heavy atom. The molecule has 0 aliphatic carbocycles. The van der Waals surface area contributed by atoms with Gasteiger partial charge in [0.15, 0.2) is 6.54 Å². The molecule has 0 saturated heterocycles. The summed E-state index contributed by atoms with van der Waals surface area (Å²) in [5.74, 6) is 0. The van der Waals surface area contributed by atoms with Crippen LogP contribution in [0, 0.1) is 32.9 Å². The number of pyridine rings is 1. The van der Waals surface area contributed by atoms with Crippen LogP contribution in [0.5, 0.6) is 0 Å². The predicted octanol–water partition coefficient (Wildman–Crippen LogP) is 10.1. The first kappa shape index (κ1) is 32.3. The van der Waals surface area contributed by atoms with E-state index < -0.39 is 0 Å². The number of nitrogens with zero attached hydrogens (tertiary/aromatic N) is 4. The zero-order valence-corrected chi connectivity index (χ0v) is 29.4. The molecule has 1 aliphatic heterocycles. The first-order valence-corrected chi connectivity index (χ1v) is 15.7. The van der Waals surface area contributed by atoms with Gasteiger partial charge >= 0.3 is 6.01 Å². The fourth-order valence-electron chi connectivity index (χ4n) is 5.88. The summed E-state index contributed by atoms with van der Waals surface area (Å²) in [4.78, 5) is 4.41. The largest absolute Gasteiger partial charge is 0.494 e. The van der Waals surface area contributed by atoms with Gasteiger partial charge in [0.05, 0.1) is 0 Å². The summed E-state index contributed by atoms with van der Waals surface area (Å²) >= 11 is 0. The van der Waals surface area contributed by atoms with E-state index in [1.54, 1.807) is 0 Å². The monoisotopic (exact) mass is 769 g/mol. The predicted molar refractivity (Wildman–Crippen MR) is 184 cm³/mol. The summed E-state index contributed by atoms with van der Waals surface area (Å²) in [6.45, 7) is 14.0. The molecule has 4 nitrogen and oxygen atoms in total. The Bertz CT molecular complexity index is 2040. The number of fused-ring (bicyclic) bond motifs is 4. The van der Waals surface area contributed by atoms with Gasteiger partial charge in [0.25, 0.3) is 11.4 Å². The van der Waals surface area contributed by atoms with Crippen molar-refractivity contribution in [3.8, 4) is 11.3 Å². The van der Waals surface area contributed by atoms with E-state index in [1.165, 1.54) is 56.3 Å². The minimum atomic E-state index is 0. The average Bonchev–Trinajstić information content (AvgIpc) is 3.58. The molecule has 0 fully saturated rings. The van der Waals surface area contributed by atoms with Crippen LogP contribution in [0.4, 0.5) is 17.1 Å². The molecule has 3 heterocycles. The molecule has 0 bridgehead atoms. The Hall–Kier alpha value is -4.14. The fourth-order valence-corrected chi connectivity index (χ4v) is 5.88. The molecule has 4 aromatic carbocycles. The second kappa shape index (κ2) is 13.9. The number of aromatic nitrogens is 2. The van der Waals surface area contributed by atoms with Gasteiger partial charge in [-0.05, 0) is 50.4 Å². The van der Waals surface area contributed by atoms with Gasteiger partial charge in [-0.15, -0.1) is 41.5 Å². The van der Waals surface area contributed by atoms with Gasteiger partial charge in [-0.1, -0.05) is 76.8 Å². The zero-order valence-electron chi connectivity index (χ0n) is 27.0. The van der Waals surface area contributed by atoms with Crippen molar-refractivity contribution >= 4 is 44.9 Å². The van der Waals surface area contributed by atoms with E-state index in [2.05, 4.69) is 151 Å². The van der Waals surface area contributed by atoms with E-state index in [4.69, 9.17) is 0 Å². The van der Waals surface area contributed by atoms with Crippen LogP contribution in [0.25, 0.3) is 33.1 Å². The third kappa shape index (κ3) is 6.35. The Morgan fingerprint density at radius 1 is 0.867 bits per heavy atom. The van der Waals surface area contributed by atoms with E-state index in [-0.39, 0.29) is 20.1 Å². The quantitative estimate of drug-likeness (QED) is 0.122. The van der Waals surface area contributed by atoms with Crippen molar-refractivity contribution in [1.29, 1.82) is 0 Å². The van der Waals surface area contributed by atoms with E-state index in [1.807, 2.05) is 18.3 Å². The van der Waals surface area contributed by atoms with Crippen molar-refractivity contribution in [2.24, 2.45) is 0 Å². The zero-order chi connectivity index (χ0) is 30.8. The number of aryl methyl sites for hydroxylation is 3. The van der Waals surface area contributed by atoms with Crippen molar-refractivity contribution in [2.45, 2.75) is 60.4 Å². The van der Waals surface area contributed by atoms with Crippen LogP contribution >= 0.6 is 0 Å². The van der Waals surface area contributed by atoms with Crippen LogP contribution in [0.1, 0.15) is 56.3 Å². The molecule has 7 rings (SSSR count). The molecule has 0 amide bonds. The number of rotatable bonds is 6. The van der Waals surface area contributed by atoms with Gasteiger partial charge in [-0.3, -0.25) is 0 Å². The maximum Gasteiger partial charge on any atom is 0.494 e. The molecule has 0 atom stereocenters. The van der Waals surface area contributed by atoms with Crippen molar-refractivity contribution in [3.05, 3.63) is 120 Å². The molecular weight excluding hydrogens is 729 g/mol. The van der Waals surface area contributed by atoms with Crippen LogP contribution in [-0.2, 0) is 20.1 Å². The van der Waals surface area contributed by atoms with Crippen molar-refractivity contribution in [2.75, 3.05) is 6.54 Å². The van der Waals surface area contributed by atoms with Crippen LogP contribution in [-0.4, -0.2) is 26.7 Å². The molecule has 0 saturated carbocycles. The number of para-hydroxylation sites is 3. The van der Waals surface area contributed by atoms with Gasteiger partial charge in [0.1, 0.15) is 5.69 Å². The molecule has 1 radical (unpaired) electrons. The number of hydrogen-bond donors (Lipinski definition) is 0. The molecule has 2 aromatic heterocycles. The summed E-state index contributed by atoms with van der Waals surface area (Å²) in [7, 11) is 0. The first-order chi connectivity index (χ1) is 21.4. The number of unbranched alkanes of at least 4 members (excludes halogenated alkanes) is 1. The smallest absolute Gasteiger partial charge is 0.386 e. The van der Waals surface area contributed by atoms with Crippen molar-refractivity contribution in [1.82, 2.24) is 14.1 Å². The molecule has 1 aliphatic rings. The minimum absolute atomic E-state index is 0. The molecule has 0 unspecified atom stereocenters. The normalized spacial score (nSPS) is 12.0. The Morgan fingerprint density at radius 3 is 2.33 bits per heavy atom. The van der Waals surface area contributed by atoms with E-state index in [9.17, 15) is 0 Å². The second-order valence-corrected chi connectivity index (χ2v) is 11.9. The first-order valence-electron chi connectivity index (χ1n) is 15.7. The third-order valence-corrected chi connectivity index (χ3v) is 8.37. The summed E-state index contributed by atoms with van der Waals surface area (Å²) in [5, 5.41) is 2.57. The van der Waals surface area contributed by atoms with E-state index >= 15 is 0 Å². The van der Waals surface area contributed by atoms with Crippen LogP contribution in [0.2, 0.25) is 0 Å². The third-order valence-electron chi connectivity index (χ3n) is 8.37. The van der Waals surface area contributed by atoms with Gasteiger partial charge in [-0.2, -0.15) is 12.1 Å². The second-order valence-electron chi connectivity index (χ2n) is 11.9. The van der Waals surface area contributed by atoms with Gasteiger partial charge in [-0.25, -0.2) is 0 Å². The van der Waals surface area contributed by atoms with Gasteiger partial charge in [0.2, 0.25) is 0 Å². The molecule has 229 valence electrons. The van der Waals surface area contributed by atoms with Crippen LogP contribution < -0.4 is 4.58 Å². The minimum Gasteiger partial charge on any atom is -0.386 e. The summed E-state index contributed by atoms with van der Waals surface area (Å²) in [6.07, 6.45) is 4.23. The topological polar surface area (TPSA) is 23.8 Å². The van der Waals surface area contributed by atoms with E-state index in [0.717, 1.165) is 29.9 Å². The summed E-state index contributed by atoms with van der Waals surface area (Å²) < 4.78 is 6.90. The average molecular weight is 769 g/mol.